The molecule has 1 fully saturated rings. The molecule has 9 nitrogen and oxygen atoms in total. The van der Waals surface area contributed by atoms with Gasteiger partial charge in [-0.15, -0.1) is 11.3 Å². The maximum Gasteiger partial charge on any atom is 0.329 e. The number of carbonyl (C=O) groups is 2. The summed E-state index contributed by atoms with van der Waals surface area (Å²) in [5, 5.41) is 14.1. The number of hydrogen-bond donors (Lipinski definition) is 2. The zero-order valence-corrected chi connectivity index (χ0v) is 24.6. The Hall–Kier alpha value is -3.13. The molecule has 2 atom stereocenters. The van der Waals surface area contributed by atoms with Crippen LogP contribution in [0.1, 0.15) is 44.7 Å². The maximum atomic E-state index is 14.7. The third-order valence-electron chi connectivity index (χ3n) is 6.30. The summed E-state index contributed by atoms with van der Waals surface area (Å²) < 4.78 is 52.5. The zero-order valence-electron chi connectivity index (χ0n) is 23.8. The summed E-state index contributed by atoms with van der Waals surface area (Å²) >= 11 is 1.32. The van der Waals surface area contributed by atoms with Crippen LogP contribution in [0.25, 0.3) is 0 Å². The maximum absolute atomic E-state index is 14.7. The molecule has 2 aliphatic heterocycles. The fourth-order valence-electron chi connectivity index (χ4n) is 4.29. The summed E-state index contributed by atoms with van der Waals surface area (Å²) in [5.74, 6) is -4.66. The number of aliphatic imine (C=N–C) groups is 1. The van der Waals surface area contributed by atoms with Crippen LogP contribution < -0.4 is 5.32 Å². The van der Waals surface area contributed by atoms with Crippen molar-refractivity contribution < 1.29 is 37.3 Å². The Morgan fingerprint density at radius 2 is 1.95 bits per heavy atom. The Morgan fingerprint density at radius 1 is 1.29 bits per heavy atom. The minimum Gasteiger partial charge on any atom is -0.480 e. The second kappa shape index (κ2) is 15.8. The van der Waals surface area contributed by atoms with Gasteiger partial charge in [0.25, 0.3) is 5.92 Å². The Kier molecular flexibility index (Phi) is 13.1. The second-order valence-electron chi connectivity index (χ2n) is 9.04. The lowest BCUT2D eigenvalue weighted by molar-refractivity contribution is -0.180. The van der Waals surface area contributed by atoms with Crippen LogP contribution in [0, 0.1) is 5.82 Å². The number of thiazole rings is 1. The van der Waals surface area contributed by atoms with E-state index in [0.29, 0.717) is 28.4 Å². The van der Waals surface area contributed by atoms with Gasteiger partial charge in [0.1, 0.15) is 24.1 Å². The van der Waals surface area contributed by atoms with Crippen LogP contribution >= 0.6 is 11.3 Å². The summed E-state index contributed by atoms with van der Waals surface area (Å²) in [5.41, 5.74) is -0.0347. The van der Waals surface area contributed by atoms with Crippen molar-refractivity contribution in [2.24, 2.45) is 4.99 Å². The smallest absolute Gasteiger partial charge is 0.329 e. The van der Waals surface area contributed by atoms with E-state index in [2.05, 4.69) is 15.0 Å². The van der Waals surface area contributed by atoms with Gasteiger partial charge in [-0.1, -0.05) is 26.0 Å². The van der Waals surface area contributed by atoms with Crippen molar-refractivity contribution in [3.63, 3.8) is 0 Å². The van der Waals surface area contributed by atoms with E-state index in [4.69, 9.17) is 14.8 Å². The van der Waals surface area contributed by atoms with Crippen molar-refractivity contribution in [2.75, 3.05) is 40.0 Å². The van der Waals surface area contributed by atoms with E-state index in [0.717, 1.165) is 6.61 Å². The average Bonchev–Trinajstić information content (AvgIpc) is 3.49. The fourth-order valence-corrected chi connectivity index (χ4v) is 4.87. The number of carboxylic acid groups (broad SMARTS) is 1. The molecule has 3 heterocycles. The lowest BCUT2D eigenvalue weighted by atomic mass is 9.82. The van der Waals surface area contributed by atoms with Crippen molar-refractivity contribution in [2.45, 2.75) is 51.7 Å². The van der Waals surface area contributed by atoms with E-state index in [1.807, 2.05) is 20.8 Å². The number of carboxylic acids is 1. The topological polar surface area (TPSA) is 113 Å². The van der Waals surface area contributed by atoms with Gasteiger partial charge in [0, 0.05) is 49.7 Å². The number of ether oxygens (including phenoxy) is 2. The highest BCUT2D eigenvalue weighted by Crippen LogP contribution is 2.38. The monoisotopic (exact) mass is 598 g/mol. The number of benzene rings is 1. The van der Waals surface area contributed by atoms with Crippen molar-refractivity contribution in [1.29, 1.82) is 0 Å². The number of nitrogens with one attached hydrogen (secondary N) is 1. The lowest BCUT2D eigenvalue weighted by Crippen LogP contribution is -2.54. The Labute approximate surface area is 242 Å². The molecule has 13 heteroatoms. The van der Waals surface area contributed by atoms with Crippen LogP contribution in [0.3, 0.4) is 0 Å². The number of nitrogens with zero attached hydrogens (tertiary/aromatic N) is 3. The molecule has 2 N–H and O–H groups in total. The van der Waals surface area contributed by atoms with Crippen molar-refractivity contribution in [3.05, 3.63) is 63.5 Å². The van der Waals surface area contributed by atoms with E-state index in [1.54, 1.807) is 25.6 Å². The molecule has 0 aliphatic carbocycles. The van der Waals surface area contributed by atoms with Crippen LogP contribution in [0.2, 0.25) is 0 Å². The molecule has 0 saturated carbocycles. The summed E-state index contributed by atoms with van der Waals surface area (Å²) in [4.78, 5) is 33.5. The van der Waals surface area contributed by atoms with Gasteiger partial charge in [0.15, 0.2) is 17.1 Å². The van der Waals surface area contributed by atoms with Crippen LogP contribution in [0.5, 0.6) is 0 Å². The van der Waals surface area contributed by atoms with E-state index >= 15 is 0 Å². The summed E-state index contributed by atoms with van der Waals surface area (Å²) in [6.45, 7) is 7.20. The third kappa shape index (κ3) is 8.93. The van der Waals surface area contributed by atoms with Crippen LogP contribution in [0.4, 0.5) is 13.2 Å². The molecule has 1 aromatic heterocycles. The van der Waals surface area contributed by atoms with E-state index in [1.165, 1.54) is 40.5 Å². The number of alkyl halides is 2. The Balaban J connectivity index is 0.000000902. The van der Waals surface area contributed by atoms with Gasteiger partial charge in [0.05, 0.1) is 6.54 Å². The minimum atomic E-state index is -3.28. The zero-order chi connectivity index (χ0) is 30.6. The molecule has 41 heavy (non-hydrogen) atoms. The fraction of sp³-hybridized carbons (Fsp3) is 0.500. The first-order chi connectivity index (χ1) is 19.5. The highest BCUT2D eigenvalue weighted by molar-refractivity contribution is 7.11. The third-order valence-corrected chi connectivity index (χ3v) is 7.08. The quantitative estimate of drug-likeness (QED) is 0.406. The highest BCUT2D eigenvalue weighted by atomic mass is 32.1. The number of rotatable bonds is 9. The van der Waals surface area contributed by atoms with Gasteiger partial charge in [0.2, 0.25) is 0 Å². The van der Waals surface area contributed by atoms with E-state index in [9.17, 15) is 22.8 Å². The van der Waals surface area contributed by atoms with Gasteiger partial charge in [-0.3, -0.25) is 9.69 Å². The number of piperidine rings is 1. The molecule has 4 rings (SSSR count). The van der Waals surface area contributed by atoms with Crippen LogP contribution in [0.15, 0.2) is 52.1 Å². The highest BCUT2D eigenvalue weighted by Gasteiger charge is 2.46. The van der Waals surface area contributed by atoms with Gasteiger partial charge in [-0.25, -0.2) is 27.9 Å². The predicted molar refractivity (Wildman–Crippen MR) is 151 cm³/mol. The second-order valence-corrected chi connectivity index (χ2v) is 9.94. The molecule has 1 aromatic carbocycles. The number of aldehydes is 1. The van der Waals surface area contributed by atoms with Crippen molar-refractivity contribution in [1.82, 2.24) is 15.2 Å². The number of methoxy groups -OCH3 is 1. The first-order valence-electron chi connectivity index (χ1n) is 13.2. The predicted octanol–water partition coefficient (Wildman–Crippen LogP) is 4.49. The van der Waals surface area contributed by atoms with Crippen molar-refractivity contribution in [3.8, 4) is 0 Å². The van der Waals surface area contributed by atoms with E-state index < -0.39 is 42.5 Å². The average molecular weight is 599 g/mol. The molecule has 1 unspecified atom stereocenters. The SMILES string of the molecule is CC.CCOC.C[C@]1(c2ccc(F)cc2)N=C(c2nccs2)NC(CN2CCC(OCC(=O)O)C(F)(F)C2)=C1C=O. The number of hydrogen-bond acceptors (Lipinski definition) is 9. The largest absolute Gasteiger partial charge is 0.480 e. The number of carbonyl (C=O) groups excluding carboxylic acids is 1. The summed E-state index contributed by atoms with van der Waals surface area (Å²) in [6, 6.07) is 5.60. The van der Waals surface area contributed by atoms with Gasteiger partial charge in [-0.2, -0.15) is 0 Å². The molecule has 2 aromatic rings. The molecule has 0 radical (unpaired) electrons. The summed E-state index contributed by atoms with van der Waals surface area (Å²) in [6.07, 6.45) is 0.646. The molecular formula is C28H37F3N4O5S. The van der Waals surface area contributed by atoms with Gasteiger partial charge >= 0.3 is 5.97 Å². The van der Waals surface area contributed by atoms with E-state index in [-0.39, 0.29) is 25.1 Å². The Bertz CT molecular complexity index is 1190. The molecule has 2 aliphatic rings. The molecule has 0 spiro atoms. The molecule has 0 bridgehead atoms. The minimum absolute atomic E-state index is 0.0174. The number of aromatic nitrogens is 1. The number of halogens is 3. The standard InChI is InChI=1S/C23H23F3N4O4S.C3H8O.C2H6/c1-22(14-2-4-15(24)5-3-14)16(11-31)17(28-20(29-22)21-27-7-9-35-21)10-30-8-6-18(23(25,26)13-30)34-12-19(32)33;1-3-4-2;1-2/h2-5,7,9,11,18H,6,8,10,12-13H2,1H3,(H,28,29)(H,32,33);3H2,1-2H3;1-2H3/t18?,22-;;/m1../s1. The normalized spacial score (nSPS) is 21.9. The molecule has 0 amide bonds. The van der Waals surface area contributed by atoms with Crippen molar-refractivity contribution >= 4 is 29.4 Å². The van der Waals surface area contributed by atoms with Gasteiger partial charge < -0.3 is 19.9 Å². The van der Waals surface area contributed by atoms with Gasteiger partial charge in [-0.05, 0) is 38.0 Å². The Morgan fingerprint density at radius 3 is 2.46 bits per heavy atom. The first kappa shape index (κ1) is 34.1. The number of likely N-dealkylation sites (tertiary alicyclic amines) is 1. The van der Waals surface area contributed by atoms with Crippen LogP contribution in [-0.4, -0.2) is 85.1 Å². The molecule has 1 saturated heterocycles. The lowest BCUT2D eigenvalue weighted by Gasteiger charge is -2.40. The van der Waals surface area contributed by atoms with Crippen LogP contribution in [-0.2, 0) is 24.6 Å². The molecule has 226 valence electrons. The number of aliphatic carboxylic acids is 1. The number of amidine groups is 1. The molecular weight excluding hydrogens is 561 g/mol. The summed E-state index contributed by atoms with van der Waals surface area (Å²) in [7, 11) is 1.68. The first-order valence-corrected chi connectivity index (χ1v) is 14.1.